The summed E-state index contributed by atoms with van der Waals surface area (Å²) in [6, 6.07) is 1.77. The maximum atomic E-state index is 5.67. The molecule has 2 rings (SSSR count). The molecular weight excluding hydrogens is 248 g/mol. The number of aromatic nitrogens is 2. The van der Waals surface area contributed by atoms with Gasteiger partial charge in [-0.1, -0.05) is 0 Å². The summed E-state index contributed by atoms with van der Waals surface area (Å²) in [4.78, 5) is 8.17. The predicted octanol–water partition coefficient (Wildman–Crippen LogP) is 0.672. The molecule has 0 unspecified atom stereocenters. The lowest BCUT2D eigenvalue weighted by Gasteiger charge is -2.18. The van der Waals surface area contributed by atoms with Gasteiger partial charge in [0.25, 0.3) is 0 Å². The number of hydrogen-bond acceptors (Lipinski definition) is 7. The number of methoxy groups -OCH3 is 1. The first-order valence-electron chi connectivity index (χ1n) is 6.26. The second kappa shape index (κ2) is 6.03. The second-order valence-electron chi connectivity index (χ2n) is 4.68. The zero-order valence-corrected chi connectivity index (χ0v) is 11.4. The molecular formula is C12H20N4O3. The third-order valence-electron chi connectivity index (χ3n) is 2.74. The molecule has 106 valence electrons. The van der Waals surface area contributed by atoms with Crippen LogP contribution in [0.25, 0.3) is 0 Å². The molecule has 2 heterocycles. The van der Waals surface area contributed by atoms with Crippen molar-refractivity contribution in [3.8, 4) is 5.88 Å². The van der Waals surface area contributed by atoms with Gasteiger partial charge in [-0.15, -0.1) is 0 Å². The van der Waals surface area contributed by atoms with Crippen LogP contribution in [0, 0.1) is 0 Å². The average Bonchev–Trinajstić information content (AvgIpc) is 2.74. The van der Waals surface area contributed by atoms with Gasteiger partial charge < -0.3 is 25.3 Å². The fourth-order valence-electron chi connectivity index (χ4n) is 1.91. The highest BCUT2D eigenvalue weighted by Gasteiger charge is 2.28. The minimum absolute atomic E-state index is 0.00524. The van der Waals surface area contributed by atoms with Gasteiger partial charge in [0.1, 0.15) is 11.9 Å². The van der Waals surface area contributed by atoms with Crippen LogP contribution < -0.4 is 15.8 Å². The van der Waals surface area contributed by atoms with E-state index in [-0.39, 0.29) is 24.2 Å². The Bertz CT molecular complexity index is 427. The highest BCUT2D eigenvalue weighted by atomic mass is 16.5. The SMILES string of the molecule is CO[C@H]1COC[C@@H]1Nc1cc(OC(C)C)nc(N)n1. The number of nitrogens with one attached hydrogen (secondary N) is 1. The van der Waals surface area contributed by atoms with Gasteiger partial charge in [0.2, 0.25) is 11.8 Å². The van der Waals surface area contributed by atoms with E-state index in [0.29, 0.717) is 24.9 Å². The van der Waals surface area contributed by atoms with E-state index in [1.807, 2.05) is 13.8 Å². The van der Waals surface area contributed by atoms with Crippen LogP contribution in [-0.2, 0) is 9.47 Å². The maximum absolute atomic E-state index is 5.67. The normalized spacial score (nSPS) is 22.7. The summed E-state index contributed by atoms with van der Waals surface area (Å²) in [6.07, 6.45) is 0.0364. The molecule has 1 aromatic rings. The molecule has 1 fully saturated rings. The summed E-state index contributed by atoms with van der Waals surface area (Å²) < 4.78 is 16.2. The summed E-state index contributed by atoms with van der Waals surface area (Å²) in [5, 5.41) is 3.24. The molecule has 0 bridgehead atoms. The van der Waals surface area contributed by atoms with E-state index in [0.717, 1.165) is 0 Å². The molecule has 0 radical (unpaired) electrons. The quantitative estimate of drug-likeness (QED) is 0.811. The Kier molecular flexibility index (Phi) is 4.39. The van der Waals surface area contributed by atoms with Gasteiger partial charge in [-0.05, 0) is 13.8 Å². The van der Waals surface area contributed by atoms with Crippen LogP contribution in [0.3, 0.4) is 0 Å². The number of rotatable bonds is 5. The molecule has 1 aliphatic rings. The standard InChI is InChI=1S/C12H20N4O3/c1-7(2)19-11-4-10(15-12(13)16-11)14-8-5-18-6-9(8)17-3/h4,7-9H,5-6H2,1-3H3,(H3,13,14,15,16)/t8-,9-/m0/s1. The summed E-state index contributed by atoms with van der Waals surface area (Å²) in [7, 11) is 1.66. The molecule has 0 aliphatic carbocycles. The van der Waals surface area contributed by atoms with E-state index < -0.39 is 0 Å². The van der Waals surface area contributed by atoms with Crippen LogP contribution in [0.15, 0.2) is 6.07 Å². The Morgan fingerprint density at radius 2 is 2.21 bits per heavy atom. The summed E-state index contributed by atoms with van der Waals surface area (Å²) in [5.74, 6) is 1.24. The molecule has 0 aromatic carbocycles. The van der Waals surface area contributed by atoms with E-state index in [1.54, 1.807) is 13.2 Å². The molecule has 1 aliphatic heterocycles. The molecule has 19 heavy (non-hydrogen) atoms. The van der Waals surface area contributed by atoms with Gasteiger partial charge in [-0.2, -0.15) is 9.97 Å². The van der Waals surface area contributed by atoms with Crippen molar-refractivity contribution >= 4 is 11.8 Å². The van der Waals surface area contributed by atoms with Gasteiger partial charge in [0.05, 0.1) is 25.4 Å². The number of nitrogens with zero attached hydrogens (tertiary/aromatic N) is 2. The van der Waals surface area contributed by atoms with Crippen molar-refractivity contribution < 1.29 is 14.2 Å². The number of nitrogen functional groups attached to an aromatic ring is 1. The van der Waals surface area contributed by atoms with E-state index in [4.69, 9.17) is 19.9 Å². The van der Waals surface area contributed by atoms with Crippen LogP contribution in [0.1, 0.15) is 13.8 Å². The Morgan fingerprint density at radius 1 is 1.42 bits per heavy atom. The summed E-state index contributed by atoms with van der Waals surface area (Å²) in [5.41, 5.74) is 5.67. The van der Waals surface area contributed by atoms with Crippen molar-refractivity contribution in [3.63, 3.8) is 0 Å². The smallest absolute Gasteiger partial charge is 0.225 e. The van der Waals surface area contributed by atoms with Crippen LogP contribution in [-0.4, -0.2) is 48.5 Å². The third kappa shape index (κ3) is 3.68. The molecule has 2 atom stereocenters. The Balaban J connectivity index is 2.09. The van der Waals surface area contributed by atoms with Crippen LogP contribution in [0.2, 0.25) is 0 Å². The number of nitrogens with two attached hydrogens (primary N) is 1. The van der Waals surface area contributed by atoms with Crippen molar-refractivity contribution in [2.75, 3.05) is 31.4 Å². The van der Waals surface area contributed by atoms with Crippen molar-refractivity contribution in [2.24, 2.45) is 0 Å². The Hall–Kier alpha value is -1.60. The minimum Gasteiger partial charge on any atom is -0.475 e. The van der Waals surface area contributed by atoms with Gasteiger partial charge in [0, 0.05) is 13.2 Å². The van der Waals surface area contributed by atoms with Crippen LogP contribution >= 0.6 is 0 Å². The van der Waals surface area contributed by atoms with Crippen LogP contribution in [0.5, 0.6) is 5.88 Å². The average molecular weight is 268 g/mol. The van der Waals surface area contributed by atoms with E-state index in [2.05, 4.69) is 15.3 Å². The zero-order valence-electron chi connectivity index (χ0n) is 11.4. The lowest BCUT2D eigenvalue weighted by atomic mass is 10.2. The molecule has 3 N–H and O–H groups in total. The Morgan fingerprint density at radius 3 is 2.89 bits per heavy atom. The largest absolute Gasteiger partial charge is 0.475 e. The lowest BCUT2D eigenvalue weighted by molar-refractivity contribution is 0.0795. The maximum Gasteiger partial charge on any atom is 0.225 e. The van der Waals surface area contributed by atoms with Crippen molar-refractivity contribution in [1.29, 1.82) is 0 Å². The fraction of sp³-hybridized carbons (Fsp3) is 0.667. The van der Waals surface area contributed by atoms with Gasteiger partial charge in [0.15, 0.2) is 0 Å². The highest BCUT2D eigenvalue weighted by Crippen LogP contribution is 2.19. The number of anilines is 2. The first-order chi connectivity index (χ1) is 9.08. The number of ether oxygens (including phenoxy) is 3. The molecule has 1 aromatic heterocycles. The predicted molar refractivity (Wildman–Crippen MR) is 71.2 cm³/mol. The summed E-state index contributed by atoms with van der Waals surface area (Å²) in [6.45, 7) is 5.00. The fourth-order valence-corrected chi connectivity index (χ4v) is 1.91. The summed E-state index contributed by atoms with van der Waals surface area (Å²) >= 11 is 0. The third-order valence-corrected chi connectivity index (χ3v) is 2.74. The van der Waals surface area contributed by atoms with E-state index in [9.17, 15) is 0 Å². The van der Waals surface area contributed by atoms with Gasteiger partial charge in [-0.25, -0.2) is 0 Å². The number of hydrogen-bond donors (Lipinski definition) is 2. The van der Waals surface area contributed by atoms with Crippen molar-refractivity contribution in [3.05, 3.63) is 6.07 Å². The molecule has 7 heteroatoms. The molecule has 1 saturated heterocycles. The van der Waals surface area contributed by atoms with Crippen LogP contribution in [0.4, 0.5) is 11.8 Å². The topological polar surface area (TPSA) is 91.5 Å². The first-order valence-corrected chi connectivity index (χ1v) is 6.26. The molecule has 0 spiro atoms. The van der Waals surface area contributed by atoms with Crippen molar-refractivity contribution in [2.45, 2.75) is 32.1 Å². The van der Waals surface area contributed by atoms with E-state index in [1.165, 1.54) is 0 Å². The minimum atomic E-state index is 0.00524. The monoisotopic (exact) mass is 268 g/mol. The van der Waals surface area contributed by atoms with Crippen molar-refractivity contribution in [1.82, 2.24) is 9.97 Å². The molecule has 0 amide bonds. The first kappa shape index (κ1) is 13.8. The van der Waals surface area contributed by atoms with E-state index >= 15 is 0 Å². The molecule has 0 saturated carbocycles. The second-order valence-corrected chi connectivity index (χ2v) is 4.68. The Labute approximate surface area is 112 Å². The van der Waals surface area contributed by atoms with Gasteiger partial charge in [-0.3, -0.25) is 0 Å². The lowest BCUT2D eigenvalue weighted by Crippen LogP contribution is -2.33. The van der Waals surface area contributed by atoms with Gasteiger partial charge >= 0.3 is 0 Å². The zero-order chi connectivity index (χ0) is 13.8. The molecule has 7 nitrogen and oxygen atoms in total. The highest BCUT2D eigenvalue weighted by molar-refractivity contribution is 5.44.